The van der Waals surface area contributed by atoms with Crippen LogP contribution in [-0.4, -0.2) is 12.8 Å². The van der Waals surface area contributed by atoms with E-state index in [4.69, 9.17) is 4.74 Å². The third-order valence-electron chi connectivity index (χ3n) is 4.23. The highest BCUT2D eigenvalue weighted by Crippen LogP contribution is 2.21. The zero-order valence-electron chi connectivity index (χ0n) is 15.6. The van der Waals surface area contributed by atoms with E-state index in [-0.39, 0.29) is 6.23 Å². The molecule has 0 heterocycles. The Bertz CT molecular complexity index is 391. The van der Waals surface area contributed by atoms with Gasteiger partial charge in [-0.05, 0) is 43.7 Å². The number of rotatable bonds is 14. The van der Waals surface area contributed by atoms with E-state index in [0.717, 1.165) is 25.9 Å². The maximum atomic E-state index is 6.04. The number of ether oxygens (including phenoxy) is 1. The van der Waals surface area contributed by atoms with Crippen molar-refractivity contribution in [2.45, 2.75) is 91.2 Å². The zero-order valence-corrected chi connectivity index (χ0v) is 15.6. The van der Waals surface area contributed by atoms with Crippen LogP contribution in [0.3, 0.4) is 0 Å². The molecule has 0 aliphatic carbocycles. The quantitative estimate of drug-likeness (QED) is 0.310. The number of para-hydroxylation sites is 1. The second kappa shape index (κ2) is 13.4. The highest BCUT2D eigenvalue weighted by molar-refractivity contribution is 5.51. The number of aryl methyl sites for hydroxylation is 1. The van der Waals surface area contributed by atoms with Crippen LogP contribution >= 0.6 is 0 Å². The van der Waals surface area contributed by atoms with E-state index < -0.39 is 0 Å². The maximum Gasteiger partial charge on any atom is 0.127 e. The van der Waals surface area contributed by atoms with E-state index in [1.165, 1.54) is 56.2 Å². The van der Waals surface area contributed by atoms with Gasteiger partial charge in [0.2, 0.25) is 0 Å². The van der Waals surface area contributed by atoms with Gasteiger partial charge in [0, 0.05) is 12.3 Å². The number of benzene rings is 1. The largest absolute Gasteiger partial charge is 0.360 e. The Labute approximate surface area is 144 Å². The summed E-state index contributed by atoms with van der Waals surface area (Å²) in [4.78, 5) is 0. The van der Waals surface area contributed by atoms with Crippen LogP contribution in [0.4, 0.5) is 5.69 Å². The summed E-state index contributed by atoms with van der Waals surface area (Å²) in [5, 5.41) is 3.66. The molecule has 2 heteroatoms. The van der Waals surface area contributed by atoms with Crippen molar-refractivity contribution in [1.82, 2.24) is 0 Å². The van der Waals surface area contributed by atoms with Crippen molar-refractivity contribution in [1.29, 1.82) is 0 Å². The van der Waals surface area contributed by atoms with E-state index >= 15 is 0 Å². The Kier molecular flexibility index (Phi) is 11.7. The van der Waals surface area contributed by atoms with Gasteiger partial charge in [-0.1, -0.05) is 71.1 Å². The Hall–Kier alpha value is -1.02. The SMILES string of the molecule is CCCCCCC(Nc1ccccc1CCCCC)OCCC. The second-order valence-corrected chi connectivity index (χ2v) is 6.47. The number of unbranched alkanes of at least 4 members (excludes halogenated alkanes) is 5. The van der Waals surface area contributed by atoms with Crippen molar-refractivity contribution >= 4 is 5.69 Å². The molecule has 0 amide bonds. The van der Waals surface area contributed by atoms with Crippen molar-refractivity contribution in [3.05, 3.63) is 29.8 Å². The van der Waals surface area contributed by atoms with Crippen molar-refractivity contribution in [2.24, 2.45) is 0 Å². The molecule has 0 saturated carbocycles. The monoisotopic (exact) mass is 319 g/mol. The summed E-state index contributed by atoms with van der Waals surface area (Å²) in [5.41, 5.74) is 2.69. The van der Waals surface area contributed by atoms with Crippen LogP contribution in [0.25, 0.3) is 0 Å². The van der Waals surface area contributed by atoms with Crippen LogP contribution in [0, 0.1) is 0 Å². The second-order valence-electron chi connectivity index (χ2n) is 6.47. The molecule has 0 aromatic heterocycles. The first kappa shape index (κ1) is 20.0. The summed E-state index contributed by atoms with van der Waals surface area (Å²) in [6.45, 7) is 7.53. The first-order chi connectivity index (χ1) is 11.3. The molecule has 0 spiro atoms. The Morgan fingerprint density at radius 2 is 1.61 bits per heavy atom. The molecule has 1 rings (SSSR count). The molecule has 1 N–H and O–H groups in total. The average molecular weight is 320 g/mol. The van der Waals surface area contributed by atoms with Gasteiger partial charge in [-0.15, -0.1) is 0 Å². The number of hydrogen-bond donors (Lipinski definition) is 1. The molecule has 0 radical (unpaired) electrons. The molecule has 1 aromatic carbocycles. The van der Waals surface area contributed by atoms with Gasteiger partial charge in [0.25, 0.3) is 0 Å². The minimum atomic E-state index is 0.152. The lowest BCUT2D eigenvalue weighted by Crippen LogP contribution is -2.24. The van der Waals surface area contributed by atoms with Crippen LogP contribution in [0.15, 0.2) is 24.3 Å². The topological polar surface area (TPSA) is 21.3 Å². The Balaban J connectivity index is 2.58. The Morgan fingerprint density at radius 1 is 0.870 bits per heavy atom. The maximum absolute atomic E-state index is 6.04. The van der Waals surface area contributed by atoms with Gasteiger partial charge in [0.15, 0.2) is 0 Å². The lowest BCUT2D eigenvalue weighted by Gasteiger charge is -2.22. The standard InChI is InChI=1S/C21H37NO/c1-4-7-9-11-17-21(23-18-6-3)22-20-16-13-12-15-19(20)14-10-8-5-2/h12-13,15-16,21-22H,4-11,14,17-18H2,1-3H3. The van der Waals surface area contributed by atoms with Crippen molar-refractivity contribution in [3.63, 3.8) is 0 Å². The highest BCUT2D eigenvalue weighted by atomic mass is 16.5. The summed E-state index contributed by atoms with van der Waals surface area (Å²) in [6, 6.07) is 8.73. The summed E-state index contributed by atoms with van der Waals surface area (Å²) < 4.78 is 6.04. The lowest BCUT2D eigenvalue weighted by molar-refractivity contribution is 0.0650. The van der Waals surface area contributed by atoms with Crippen LogP contribution in [0.1, 0.15) is 84.1 Å². The fraction of sp³-hybridized carbons (Fsp3) is 0.714. The molecule has 2 nitrogen and oxygen atoms in total. The van der Waals surface area contributed by atoms with E-state index in [9.17, 15) is 0 Å². The molecular weight excluding hydrogens is 282 g/mol. The fourth-order valence-corrected chi connectivity index (χ4v) is 2.83. The van der Waals surface area contributed by atoms with E-state index in [1.807, 2.05) is 0 Å². The molecular formula is C21H37NO. The van der Waals surface area contributed by atoms with Gasteiger partial charge in [-0.25, -0.2) is 0 Å². The lowest BCUT2D eigenvalue weighted by atomic mass is 10.0. The predicted molar refractivity (Wildman–Crippen MR) is 102 cm³/mol. The number of hydrogen-bond acceptors (Lipinski definition) is 2. The van der Waals surface area contributed by atoms with Crippen molar-refractivity contribution in [2.75, 3.05) is 11.9 Å². The molecule has 132 valence electrons. The minimum absolute atomic E-state index is 0.152. The molecule has 0 aliphatic rings. The van der Waals surface area contributed by atoms with E-state index in [2.05, 4.69) is 50.4 Å². The third kappa shape index (κ3) is 9.00. The zero-order chi connectivity index (χ0) is 16.8. The summed E-state index contributed by atoms with van der Waals surface area (Å²) in [5.74, 6) is 0. The van der Waals surface area contributed by atoms with Gasteiger partial charge in [-0.2, -0.15) is 0 Å². The van der Waals surface area contributed by atoms with Crippen LogP contribution in [0.5, 0.6) is 0 Å². The van der Waals surface area contributed by atoms with Crippen LogP contribution < -0.4 is 5.32 Å². The molecule has 0 bridgehead atoms. The normalized spacial score (nSPS) is 12.3. The Morgan fingerprint density at radius 3 is 2.35 bits per heavy atom. The summed E-state index contributed by atoms with van der Waals surface area (Å²) >= 11 is 0. The molecule has 1 aromatic rings. The van der Waals surface area contributed by atoms with Gasteiger partial charge in [0.1, 0.15) is 6.23 Å². The minimum Gasteiger partial charge on any atom is -0.360 e. The fourth-order valence-electron chi connectivity index (χ4n) is 2.83. The summed E-state index contributed by atoms with van der Waals surface area (Å²) in [7, 11) is 0. The molecule has 1 unspecified atom stereocenters. The average Bonchev–Trinajstić information content (AvgIpc) is 2.58. The van der Waals surface area contributed by atoms with Gasteiger partial charge in [-0.3, -0.25) is 0 Å². The van der Waals surface area contributed by atoms with Crippen molar-refractivity contribution in [3.8, 4) is 0 Å². The van der Waals surface area contributed by atoms with Gasteiger partial charge in [0.05, 0.1) is 0 Å². The molecule has 1 atom stereocenters. The van der Waals surface area contributed by atoms with Crippen LogP contribution in [-0.2, 0) is 11.2 Å². The van der Waals surface area contributed by atoms with E-state index in [0.29, 0.717) is 0 Å². The predicted octanol–water partition coefficient (Wildman–Crippen LogP) is 6.55. The highest BCUT2D eigenvalue weighted by Gasteiger charge is 2.10. The number of anilines is 1. The van der Waals surface area contributed by atoms with Gasteiger partial charge < -0.3 is 10.1 Å². The first-order valence-electron chi connectivity index (χ1n) is 9.77. The van der Waals surface area contributed by atoms with Gasteiger partial charge >= 0.3 is 0 Å². The summed E-state index contributed by atoms with van der Waals surface area (Å²) in [6.07, 6.45) is 12.5. The molecule has 23 heavy (non-hydrogen) atoms. The smallest absolute Gasteiger partial charge is 0.127 e. The molecule has 0 fully saturated rings. The van der Waals surface area contributed by atoms with Crippen molar-refractivity contribution < 1.29 is 4.74 Å². The molecule has 0 aliphatic heterocycles. The third-order valence-corrected chi connectivity index (χ3v) is 4.23. The first-order valence-corrected chi connectivity index (χ1v) is 9.77. The number of nitrogens with one attached hydrogen (secondary N) is 1. The van der Waals surface area contributed by atoms with Crippen LogP contribution in [0.2, 0.25) is 0 Å². The molecule has 0 saturated heterocycles. The van der Waals surface area contributed by atoms with E-state index in [1.54, 1.807) is 0 Å².